The number of nitrogens with one attached hydrogen (secondary N) is 2. The molecular formula is C19H17ClN4O2S. The fourth-order valence-electron chi connectivity index (χ4n) is 2.41. The number of carbonyl (C=O) groups is 1. The molecule has 27 heavy (non-hydrogen) atoms. The quantitative estimate of drug-likeness (QED) is 0.611. The van der Waals surface area contributed by atoms with Gasteiger partial charge in [0, 0.05) is 16.3 Å². The second kappa shape index (κ2) is 8.83. The van der Waals surface area contributed by atoms with Gasteiger partial charge >= 0.3 is 0 Å². The Hall–Kier alpha value is -2.64. The number of hydrogen-bond donors (Lipinski definition) is 2. The van der Waals surface area contributed by atoms with Crippen LogP contribution in [0, 0.1) is 0 Å². The number of thioether (sulfide) groups is 1. The van der Waals surface area contributed by atoms with E-state index in [9.17, 15) is 9.59 Å². The van der Waals surface area contributed by atoms with Crippen molar-refractivity contribution in [1.82, 2.24) is 15.2 Å². The first-order valence-electron chi connectivity index (χ1n) is 8.32. The third-order valence-corrected chi connectivity index (χ3v) is 5.21. The molecule has 6 nitrogen and oxygen atoms in total. The summed E-state index contributed by atoms with van der Waals surface area (Å²) in [6.45, 7) is 1.89. The summed E-state index contributed by atoms with van der Waals surface area (Å²) >= 11 is 7.10. The molecule has 2 N–H and O–H groups in total. The van der Waals surface area contributed by atoms with E-state index in [1.54, 1.807) is 36.4 Å². The topological polar surface area (TPSA) is 87.7 Å². The Morgan fingerprint density at radius 1 is 1.19 bits per heavy atom. The van der Waals surface area contributed by atoms with Gasteiger partial charge in [-0.25, -0.2) is 0 Å². The molecule has 3 aromatic rings. The predicted molar refractivity (Wildman–Crippen MR) is 108 cm³/mol. The summed E-state index contributed by atoms with van der Waals surface area (Å²) < 4.78 is 0. The number of hydrogen-bond acceptors (Lipinski definition) is 5. The van der Waals surface area contributed by atoms with E-state index in [4.69, 9.17) is 11.6 Å². The van der Waals surface area contributed by atoms with Gasteiger partial charge in [0.25, 0.3) is 5.56 Å². The molecule has 0 aliphatic rings. The van der Waals surface area contributed by atoms with Crippen LogP contribution in [0.15, 0.2) is 64.5 Å². The Morgan fingerprint density at radius 3 is 2.63 bits per heavy atom. The van der Waals surface area contributed by atoms with Crippen molar-refractivity contribution in [3.05, 3.63) is 70.0 Å². The normalized spacial score (nSPS) is 11.8. The molecule has 0 aliphatic heterocycles. The van der Waals surface area contributed by atoms with Crippen LogP contribution in [-0.2, 0) is 4.79 Å². The highest BCUT2D eigenvalue weighted by atomic mass is 35.5. The molecule has 1 aromatic heterocycles. The number of aromatic amines is 1. The van der Waals surface area contributed by atoms with Crippen molar-refractivity contribution in [3.63, 3.8) is 0 Å². The van der Waals surface area contributed by atoms with Crippen molar-refractivity contribution in [2.45, 2.75) is 23.8 Å². The van der Waals surface area contributed by atoms with Gasteiger partial charge in [-0.3, -0.25) is 14.6 Å². The molecule has 1 amide bonds. The van der Waals surface area contributed by atoms with E-state index in [2.05, 4.69) is 20.5 Å². The monoisotopic (exact) mass is 400 g/mol. The van der Waals surface area contributed by atoms with Crippen LogP contribution in [0.25, 0.3) is 11.3 Å². The van der Waals surface area contributed by atoms with E-state index in [0.717, 1.165) is 11.8 Å². The molecule has 8 heteroatoms. The van der Waals surface area contributed by atoms with E-state index < -0.39 is 5.25 Å². The van der Waals surface area contributed by atoms with E-state index >= 15 is 0 Å². The smallest absolute Gasteiger partial charge is 0.278 e. The second-order valence-corrected chi connectivity index (χ2v) is 7.32. The molecule has 2 aromatic carbocycles. The number of aromatic nitrogens is 3. The minimum absolute atomic E-state index is 0.195. The first-order valence-corrected chi connectivity index (χ1v) is 9.58. The minimum Gasteiger partial charge on any atom is -0.325 e. The number of H-pyrrole nitrogens is 1. The van der Waals surface area contributed by atoms with Gasteiger partial charge in [-0.2, -0.15) is 0 Å². The zero-order valence-electron chi connectivity index (χ0n) is 14.5. The number of halogens is 1. The first kappa shape index (κ1) is 19.1. The molecule has 0 radical (unpaired) electrons. The van der Waals surface area contributed by atoms with Crippen LogP contribution in [0.5, 0.6) is 0 Å². The van der Waals surface area contributed by atoms with Gasteiger partial charge in [0.2, 0.25) is 5.91 Å². The SMILES string of the molecule is CCC(Sc1nnc(-c2ccccc2)c(=O)[nH]1)C(=O)Nc1cccc(Cl)c1. The van der Waals surface area contributed by atoms with Crippen LogP contribution in [0.4, 0.5) is 5.69 Å². The second-order valence-electron chi connectivity index (χ2n) is 5.69. The minimum atomic E-state index is -0.434. The van der Waals surface area contributed by atoms with Crippen molar-refractivity contribution in [3.8, 4) is 11.3 Å². The highest BCUT2D eigenvalue weighted by Gasteiger charge is 2.20. The van der Waals surface area contributed by atoms with E-state index in [-0.39, 0.29) is 17.2 Å². The van der Waals surface area contributed by atoms with Crippen LogP contribution in [0.2, 0.25) is 5.02 Å². The maximum Gasteiger partial charge on any atom is 0.278 e. The summed E-state index contributed by atoms with van der Waals surface area (Å²) in [5.41, 5.74) is 1.21. The first-order chi connectivity index (χ1) is 13.1. The number of benzene rings is 2. The van der Waals surface area contributed by atoms with E-state index in [0.29, 0.717) is 27.9 Å². The molecule has 0 bridgehead atoms. The van der Waals surface area contributed by atoms with E-state index in [1.165, 1.54) is 0 Å². The van der Waals surface area contributed by atoms with Gasteiger partial charge in [0.1, 0.15) is 0 Å². The van der Waals surface area contributed by atoms with Gasteiger partial charge in [-0.1, -0.05) is 66.7 Å². The summed E-state index contributed by atoms with van der Waals surface area (Å²) in [7, 11) is 0. The lowest BCUT2D eigenvalue weighted by Crippen LogP contribution is -2.25. The predicted octanol–water partition coefficient (Wildman–Crippen LogP) is 3.99. The average Bonchev–Trinajstić information content (AvgIpc) is 2.67. The highest BCUT2D eigenvalue weighted by Crippen LogP contribution is 2.24. The molecule has 1 unspecified atom stereocenters. The molecule has 0 saturated carbocycles. The Labute approximate surface area is 165 Å². The standard InChI is InChI=1S/C19H17ClN4O2S/c1-2-15(17(25)21-14-10-6-9-13(20)11-14)27-19-22-18(26)16(23-24-19)12-7-4-3-5-8-12/h3-11,15H,2H2,1H3,(H,21,25)(H,22,24,26). The molecule has 0 saturated heterocycles. The van der Waals surface area contributed by atoms with Crippen molar-refractivity contribution in [2.75, 3.05) is 5.32 Å². The molecule has 138 valence electrons. The van der Waals surface area contributed by atoms with Crippen molar-refractivity contribution < 1.29 is 4.79 Å². The van der Waals surface area contributed by atoms with Crippen molar-refractivity contribution >= 4 is 35.0 Å². The number of carbonyl (C=O) groups excluding carboxylic acids is 1. The van der Waals surface area contributed by atoms with Gasteiger partial charge in [-0.05, 0) is 24.6 Å². The lowest BCUT2D eigenvalue weighted by Gasteiger charge is -2.14. The molecule has 0 spiro atoms. The lowest BCUT2D eigenvalue weighted by atomic mass is 10.2. The largest absolute Gasteiger partial charge is 0.325 e. The summed E-state index contributed by atoms with van der Waals surface area (Å²) in [4.78, 5) is 27.5. The van der Waals surface area contributed by atoms with Gasteiger partial charge < -0.3 is 5.32 Å². The fraction of sp³-hybridized carbons (Fsp3) is 0.158. The Kier molecular flexibility index (Phi) is 6.26. The Morgan fingerprint density at radius 2 is 1.96 bits per heavy atom. The lowest BCUT2D eigenvalue weighted by molar-refractivity contribution is -0.115. The molecule has 0 fully saturated rings. The van der Waals surface area contributed by atoms with Gasteiger partial charge in [-0.15, -0.1) is 10.2 Å². The Bertz CT molecular complexity index is 994. The Balaban J connectivity index is 1.73. The summed E-state index contributed by atoms with van der Waals surface area (Å²) in [5.74, 6) is -0.195. The van der Waals surface area contributed by atoms with Crippen LogP contribution in [-0.4, -0.2) is 26.3 Å². The molecule has 0 aliphatic carbocycles. The number of amides is 1. The van der Waals surface area contributed by atoms with Crippen LogP contribution >= 0.6 is 23.4 Å². The third-order valence-electron chi connectivity index (χ3n) is 3.73. The van der Waals surface area contributed by atoms with E-state index in [1.807, 2.05) is 25.1 Å². The number of rotatable bonds is 6. The zero-order chi connectivity index (χ0) is 19.2. The van der Waals surface area contributed by atoms with Crippen molar-refractivity contribution in [1.29, 1.82) is 0 Å². The van der Waals surface area contributed by atoms with Crippen molar-refractivity contribution in [2.24, 2.45) is 0 Å². The fourth-order valence-corrected chi connectivity index (χ4v) is 3.44. The molecule has 3 rings (SSSR count). The number of nitrogens with zero attached hydrogens (tertiary/aromatic N) is 2. The number of anilines is 1. The molecular weight excluding hydrogens is 384 g/mol. The third kappa shape index (κ3) is 4.96. The maximum absolute atomic E-state index is 12.5. The van der Waals surface area contributed by atoms with Gasteiger partial charge in [0.15, 0.2) is 10.9 Å². The molecule has 1 atom stereocenters. The summed E-state index contributed by atoms with van der Waals surface area (Å²) in [5, 5.41) is 11.3. The average molecular weight is 401 g/mol. The highest BCUT2D eigenvalue weighted by molar-refractivity contribution is 8.00. The van der Waals surface area contributed by atoms with Crippen LogP contribution in [0.3, 0.4) is 0 Å². The van der Waals surface area contributed by atoms with Crippen LogP contribution in [0.1, 0.15) is 13.3 Å². The van der Waals surface area contributed by atoms with Gasteiger partial charge in [0.05, 0.1) is 5.25 Å². The zero-order valence-corrected chi connectivity index (χ0v) is 16.1. The van der Waals surface area contributed by atoms with Crippen LogP contribution < -0.4 is 10.9 Å². The molecule has 1 heterocycles. The summed E-state index contributed by atoms with van der Waals surface area (Å²) in [6.07, 6.45) is 0.557. The maximum atomic E-state index is 12.5. The summed E-state index contributed by atoms with van der Waals surface area (Å²) in [6, 6.07) is 16.0.